The minimum atomic E-state index is -0.105. The Hall–Kier alpha value is -1.77. The quantitative estimate of drug-likeness (QED) is 0.644. The maximum absolute atomic E-state index is 12.7. The van der Waals surface area contributed by atoms with Crippen LogP contribution in [0.1, 0.15) is 33.1 Å². The van der Waals surface area contributed by atoms with Gasteiger partial charge in [0.2, 0.25) is 5.91 Å². The van der Waals surface area contributed by atoms with E-state index < -0.39 is 0 Å². The van der Waals surface area contributed by atoms with Crippen LogP contribution in [0.15, 0.2) is 33.8 Å². The Morgan fingerprint density at radius 2 is 1.90 bits per heavy atom. The fourth-order valence-corrected chi connectivity index (χ4v) is 5.19. The topological polar surface area (TPSA) is 67.7 Å². The van der Waals surface area contributed by atoms with Crippen LogP contribution in [-0.4, -0.2) is 70.2 Å². The summed E-state index contributed by atoms with van der Waals surface area (Å²) in [6.07, 6.45) is 4.53. The van der Waals surface area contributed by atoms with Crippen molar-refractivity contribution in [3.8, 4) is 0 Å². The molecule has 7 nitrogen and oxygen atoms in total. The molecule has 1 amide bonds. The summed E-state index contributed by atoms with van der Waals surface area (Å²) in [6.45, 7) is 9.32. The number of fused-ring (bicyclic) bond motifs is 1. The summed E-state index contributed by atoms with van der Waals surface area (Å²) >= 11 is 3.40. The first kappa shape index (κ1) is 22.4. The predicted molar refractivity (Wildman–Crippen MR) is 124 cm³/mol. The van der Waals surface area contributed by atoms with Crippen LogP contribution in [0.5, 0.6) is 0 Å². The minimum absolute atomic E-state index is 0.105. The molecule has 2 aliphatic heterocycles. The Balaban J connectivity index is 1.27. The number of likely N-dealkylation sites (tertiary alicyclic amines) is 1. The van der Waals surface area contributed by atoms with Gasteiger partial charge in [-0.2, -0.15) is 0 Å². The molecule has 2 unspecified atom stereocenters. The molecule has 2 aromatic rings. The molecule has 0 aliphatic carbocycles. The van der Waals surface area contributed by atoms with Crippen LogP contribution in [0, 0.1) is 5.92 Å². The van der Waals surface area contributed by atoms with E-state index in [0.717, 1.165) is 50.0 Å². The molecule has 168 valence electrons. The molecule has 0 radical (unpaired) electrons. The number of nitrogens with zero attached hydrogens (tertiary/aromatic N) is 4. The molecule has 31 heavy (non-hydrogen) atoms. The molecular formula is C23H31BrN4O3. The van der Waals surface area contributed by atoms with Gasteiger partial charge in [-0.3, -0.25) is 19.1 Å². The van der Waals surface area contributed by atoms with Crippen molar-refractivity contribution in [2.24, 2.45) is 5.92 Å². The number of piperidine rings is 1. The van der Waals surface area contributed by atoms with Gasteiger partial charge in [-0.25, -0.2) is 4.98 Å². The highest BCUT2D eigenvalue weighted by Crippen LogP contribution is 2.21. The van der Waals surface area contributed by atoms with Crippen LogP contribution < -0.4 is 5.56 Å². The minimum Gasteiger partial charge on any atom is -0.373 e. The maximum atomic E-state index is 12.7. The number of hydrogen-bond acceptors (Lipinski definition) is 5. The summed E-state index contributed by atoms with van der Waals surface area (Å²) in [6, 6.07) is 5.47. The fraction of sp³-hybridized carbons (Fsp3) is 0.609. The molecule has 1 aromatic carbocycles. The lowest BCUT2D eigenvalue weighted by Crippen LogP contribution is -2.48. The van der Waals surface area contributed by atoms with Crippen LogP contribution in [0.4, 0.5) is 0 Å². The standard InChI is InChI=1S/C23H31BrN4O3/c1-16-12-26(13-17(2)31-16)14-18-5-8-27(9-6-18)22(29)7-10-28-15-25-21-4-3-19(24)11-20(21)23(28)30/h3-4,11,15-18H,5-10,12-14H2,1-2H3. The van der Waals surface area contributed by atoms with Crippen molar-refractivity contribution >= 4 is 32.7 Å². The lowest BCUT2D eigenvalue weighted by Gasteiger charge is -2.39. The van der Waals surface area contributed by atoms with Crippen molar-refractivity contribution in [2.75, 3.05) is 32.7 Å². The first-order chi connectivity index (χ1) is 14.9. The Morgan fingerprint density at radius 1 is 1.19 bits per heavy atom. The van der Waals surface area contributed by atoms with Gasteiger partial charge in [0, 0.05) is 50.2 Å². The Kier molecular flexibility index (Phi) is 7.08. The van der Waals surface area contributed by atoms with Crippen molar-refractivity contribution in [1.29, 1.82) is 0 Å². The van der Waals surface area contributed by atoms with E-state index in [9.17, 15) is 9.59 Å². The largest absolute Gasteiger partial charge is 0.373 e. The van der Waals surface area contributed by atoms with E-state index in [1.165, 1.54) is 0 Å². The summed E-state index contributed by atoms with van der Waals surface area (Å²) < 4.78 is 8.22. The number of benzene rings is 1. The monoisotopic (exact) mass is 490 g/mol. The molecule has 0 N–H and O–H groups in total. The van der Waals surface area contributed by atoms with Crippen LogP contribution in [0.2, 0.25) is 0 Å². The van der Waals surface area contributed by atoms with Crippen molar-refractivity contribution in [3.05, 3.63) is 39.4 Å². The molecule has 0 saturated carbocycles. The highest BCUT2D eigenvalue weighted by Gasteiger charge is 2.27. The molecule has 2 aliphatic rings. The number of aromatic nitrogens is 2. The van der Waals surface area contributed by atoms with E-state index >= 15 is 0 Å². The summed E-state index contributed by atoms with van der Waals surface area (Å²) in [5.41, 5.74) is 0.564. The first-order valence-electron chi connectivity index (χ1n) is 11.2. The van der Waals surface area contributed by atoms with Crippen molar-refractivity contribution in [3.63, 3.8) is 0 Å². The zero-order valence-electron chi connectivity index (χ0n) is 18.3. The Morgan fingerprint density at radius 3 is 2.61 bits per heavy atom. The van der Waals surface area contributed by atoms with Gasteiger partial charge in [-0.15, -0.1) is 0 Å². The number of hydrogen-bond donors (Lipinski definition) is 0. The SMILES string of the molecule is CC1CN(CC2CCN(C(=O)CCn3cnc4ccc(Br)cc4c3=O)CC2)CC(C)O1. The van der Waals surface area contributed by atoms with Crippen molar-refractivity contribution in [2.45, 2.75) is 51.9 Å². The predicted octanol–water partition coefficient (Wildman–Crippen LogP) is 2.90. The van der Waals surface area contributed by atoms with Crippen LogP contribution in [0.3, 0.4) is 0 Å². The number of carbonyl (C=O) groups is 1. The highest BCUT2D eigenvalue weighted by atomic mass is 79.9. The van der Waals surface area contributed by atoms with E-state index in [4.69, 9.17) is 4.74 Å². The molecule has 0 spiro atoms. The number of aryl methyl sites for hydroxylation is 1. The second kappa shape index (κ2) is 9.79. The molecule has 2 saturated heterocycles. The normalized spacial score (nSPS) is 23.4. The van der Waals surface area contributed by atoms with Gasteiger partial charge < -0.3 is 9.64 Å². The average Bonchev–Trinajstić information content (AvgIpc) is 2.73. The third-order valence-electron chi connectivity index (χ3n) is 6.33. The zero-order chi connectivity index (χ0) is 22.0. The van der Waals surface area contributed by atoms with E-state index in [1.807, 2.05) is 17.0 Å². The number of halogens is 1. The van der Waals surface area contributed by atoms with Crippen molar-refractivity contribution in [1.82, 2.24) is 19.4 Å². The van der Waals surface area contributed by atoms with E-state index in [2.05, 4.69) is 39.7 Å². The molecule has 2 fully saturated rings. The molecule has 0 bridgehead atoms. The van der Waals surface area contributed by atoms with Crippen LogP contribution in [0.25, 0.3) is 10.9 Å². The summed E-state index contributed by atoms with van der Waals surface area (Å²) in [7, 11) is 0. The molecule has 8 heteroatoms. The highest BCUT2D eigenvalue weighted by molar-refractivity contribution is 9.10. The second-order valence-corrected chi connectivity index (χ2v) is 9.87. The fourth-order valence-electron chi connectivity index (χ4n) is 4.83. The van der Waals surface area contributed by atoms with Crippen LogP contribution in [-0.2, 0) is 16.1 Å². The van der Waals surface area contributed by atoms with Gasteiger partial charge in [0.15, 0.2) is 0 Å². The Bertz CT molecular complexity index is 976. The van der Waals surface area contributed by atoms with Gasteiger partial charge in [-0.1, -0.05) is 15.9 Å². The lowest BCUT2D eigenvalue weighted by molar-refractivity contribution is -0.133. The number of amides is 1. The molecule has 4 rings (SSSR count). The van der Waals surface area contributed by atoms with E-state index in [-0.39, 0.29) is 11.5 Å². The average molecular weight is 491 g/mol. The number of rotatable bonds is 5. The third-order valence-corrected chi connectivity index (χ3v) is 6.82. The maximum Gasteiger partial charge on any atom is 0.261 e. The lowest BCUT2D eigenvalue weighted by atomic mass is 9.95. The summed E-state index contributed by atoms with van der Waals surface area (Å²) in [4.78, 5) is 34.3. The van der Waals surface area contributed by atoms with Gasteiger partial charge in [0.1, 0.15) is 0 Å². The Labute approximate surface area is 191 Å². The molecular weight excluding hydrogens is 460 g/mol. The van der Waals surface area contributed by atoms with Gasteiger partial charge in [-0.05, 0) is 50.8 Å². The molecule has 2 atom stereocenters. The zero-order valence-corrected chi connectivity index (χ0v) is 19.9. The van der Waals surface area contributed by atoms with Gasteiger partial charge in [0.25, 0.3) is 5.56 Å². The summed E-state index contributed by atoms with van der Waals surface area (Å²) in [5.74, 6) is 0.751. The number of carbonyl (C=O) groups excluding carboxylic acids is 1. The van der Waals surface area contributed by atoms with Gasteiger partial charge >= 0.3 is 0 Å². The van der Waals surface area contributed by atoms with Crippen molar-refractivity contribution < 1.29 is 9.53 Å². The van der Waals surface area contributed by atoms with E-state index in [0.29, 0.717) is 42.0 Å². The smallest absolute Gasteiger partial charge is 0.261 e. The van der Waals surface area contributed by atoms with E-state index in [1.54, 1.807) is 17.0 Å². The number of morpholine rings is 1. The second-order valence-electron chi connectivity index (χ2n) is 8.95. The first-order valence-corrected chi connectivity index (χ1v) is 12.0. The number of ether oxygens (including phenoxy) is 1. The van der Waals surface area contributed by atoms with Crippen LogP contribution >= 0.6 is 15.9 Å². The summed E-state index contributed by atoms with van der Waals surface area (Å²) in [5, 5.41) is 0.567. The molecule has 3 heterocycles. The van der Waals surface area contributed by atoms with Gasteiger partial charge in [0.05, 0.1) is 29.4 Å². The third kappa shape index (κ3) is 5.54. The molecule has 1 aromatic heterocycles.